The number of alkyl halides is 3. The molecule has 0 unspecified atom stereocenters. The molecule has 0 radical (unpaired) electrons. The van der Waals surface area contributed by atoms with E-state index in [1.807, 2.05) is 6.92 Å². The van der Waals surface area contributed by atoms with E-state index in [0.717, 1.165) is 30.0 Å². The van der Waals surface area contributed by atoms with Crippen LogP contribution in [0.15, 0.2) is 41.6 Å². The lowest BCUT2D eigenvalue weighted by molar-refractivity contribution is -0.137. The molecule has 0 atom stereocenters. The van der Waals surface area contributed by atoms with E-state index in [1.165, 1.54) is 0 Å². The Kier molecular flexibility index (Phi) is 7.41. The van der Waals surface area contributed by atoms with Gasteiger partial charge in [0, 0.05) is 17.1 Å². The molecule has 12 heteroatoms. The first-order chi connectivity index (χ1) is 14.6. The molecule has 0 saturated heterocycles. The summed E-state index contributed by atoms with van der Waals surface area (Å²) in [6.07, 6.45) is -4.55. The number of nitrogens with zero attached hydrogens (tertiary/aromatic N) is 3. The number of carbonyl (C=O) groups excluding carboxylic acids is 1. The lowest BCUT2D eigenvalue weighted by Gasteiger charge is -2.12. The topological polar surface area (TPSA) is 59.8 Å². The molecule has 1 amide bonds. The van der Waals surface area contributed by atoms with Gasteiger partial charge in [0.1, 0.15) is 0 Å². The Morgan fingerprint density at radius 2 is 1.84 bits per heavy atom. The number of anilines is 1. The SMILES string of the molecule is CCn1c(SCC(=O)Nc2cc(C(F)(F)F)ccc2Cl)nnc1-c1ccc(Cl)cc1Cl. The molecule has 1 heterocycles. The van der Waals surface area contributed by atoms with Gasteiger partial charge in [0.25, 0.3) is 0 Å². The second kappa shape index (κ2) is 9.68. The Morgan fingerprint density at radius 1 is 1.10 bits per heavy atom. The number of hydrogen-bond acceptors (Lipinski definition) is 4. The summed E-state index contributed by atoms with van der Waals surface area (Å²) < 4.78 is 40.4. The van der Waals surface area contributed by atoms with Crippen molar-refractivity contribution in [3.63, 3.8) is 0 Å². The zero-order valence-corrected chi connectivity index (χ0v) is 18.9. The zero-order valence-electron chi connectivity index (χ0n) is 15.8. The Hall–Kier alpha value is -1.94. The fourth-order valence-electron chi connectivity index (χ4n) is 2.66. The monoisotopic (exact) mass is 508 g/mol. The van der Waals surface area contributed by atoms with Gasteiger partial charge in [0.2, 0.25) is 5.91 Å². The predicted octanol–water partition coefficient (Wildman–Crippen LogP) is 6.67. The number of nitrogens with one attached hydrogen (secondary N) is 1. The lowest BCUT2D eigenvalue weighted by Crippen LogP contribution is -2.16. The Labute approximate surface area is 194 Å². The van der Waals surface area contributed by atoms with Crippen LogP contribution in [0.25, 0.3) is 11.4 Å². The van der Waals surface area contributed by atoms with Gasteiger partial charge in [-0.15, -0.1) is 10.2 Å². The minimum absolute atomic E-state index is 0.00254. The van der Waals surface area contributed by atoms with Crippen LogP contribution in [0, 0.1) is 0 Å². The van der Waals surface area contributed by atoms with Crippen molar-refractivity contribution >= 4 is 58.2 Å². The maximum atomic E-state index is 12.9. The van der Waals surface area contributed by atoms with Crippen molar-refractivity contribution in [3.05, 3.63) is 57.0 Å². The highest BCUT2D eigenvalue weighted by atomic mass is 35.5. The van der Waals surface area contributed by atoms with Gasteiger partial charge in [-0.3, -0.25) is 4.79 Å². The van der Waals surface area contributed by atoms with Crippen molar-refractivity contribution in [1.82, 2.24) is 14.8 Å². The van der Waals surface area contributed by atoms with Gasteiger partial charge in [-0.2, -0.15) is 13.2 Å². The van der Waals surface area contributed by atoms with Gasteiger partial charge < -0.3 is 9.88 Å². The molecule has 0 saturated carbocycles. The third kappa shape index (κ3) is 5.65. The molecular formula is C19H14Cl3F3N4OS. The number of aromatic nitrogens is 3. The molecule has 0 aliphatic carbocycles. The summed E-state index contributed by atoms with van der Waals surface area (Å²) in [6, 6.07) is 7.71. The number of benzene rings is 2. The van der Waals surface area contributed by atoms with E-state index in [4.69, 9.17) is 34.8 Å². The fraction of sp³-hybridized carbons (Fsp3) is 0.211. The fourth-order valence-corrected chi connectivity index (χ4v) is 4.12. The van der Waals surface area contributed by atoms with Gasteiger partial charge >= 0.3 is 6.18 Å². The normalized spacial score (nSPS) is 11.6. The molecule has 0 spiro atoms. The summed E-state index contributed by atoms with van der Waals surface area (Å²) in [5.41, 5.74) is -0.393. The smallest absolute Gasteiger partial charge is 0.324 e. The highest BCUT2D eigenvalue weighted by Crippen LogP contribution is 2.34. The number of amides is 1. The number of thioether (sulfide) groups is 1. The van der Waals surface area contributed by atoms with E-state index in [-0.39, 0.29) is 16.5 Å². The summed E-state index contributed by atoms with van der Waals surface area (Å²) in [5.74, 6) is -0.144. The van der Waals surface area contributed by atoms with Crippen molar-refractivity contribution in [2.24, 2.45) is 0 Å². The average molecular weight is 510 g/mol. The van der Waals surface area contributed by atoms with Gasteiger partial charge in [0.05, 0.1) is 27.0 Å². The quantitative estimate of drug-likeness (QED) is 0.377. The standard InChI is InChI=1S/C19H14Cl3F3N4OS/c1-2-29-17(12-5-4-11(20)8-14(12)22)27-28-18(29)31-9-16(30)26-15-7-10(19(23,24)25)3-6-13(15)21/h3-8H,2,9H2,1H3,(H,26,30). The molecule has 0 aliphatic rings. The number of hydrogen-bond donors (Lipinski definition) is 1. The van der Waals surface area contributed by atoms with E-state index in [0.29, 0.717) is 33.1 Å². The van der Waals surface area contributed by atoms with Crippen LogP contribution in [0.3, 0.4) is 0 Å². The molecule has 2 aromatic carbocycles. The predicted molar refractivity (Wildman–Crippen MR) is 117 cm³/mol. The first kappa shape index (κ1) is 23.7. The summed E-state index contributed by atoms with van der Waals surface area (Å²) in [7, 11) is 0. The maximum Gasteiger partial charge on any atom is 0.416 e. The van der Waals surface area contributed by atoms with E-state index in [2.05, 4.69) is 15.5 Å². The summed E-state index contributed by atoms with van der Waals surface area (Å²) in [5, 5.41) is 12.0. The van der Waals surface area contributed by atoms with Gasteiger partial charge in [0.15, 0.2) is 11.0 Å². The number of carbonyl (C=O) groups is 1. The molecule has 1 N–H and O–H groups in total. The van der Waals surface area contributed by atoms with Crippen molar-refractivity contribution in [2.75, 3.05) is 11.1 Å². The van der Waals surface area contributed by atoms with E-state index < -0.39 is 17.6 Å². The van der Waals surface area contributed by atoms with E-state index >= 15 is 0 Å². The third-order valence-corrected chi connectivity index (χ3v) is 5.95. The Morgan fingerprint density at radius 3 is 2.48 bits per heavy atom. The maximum absolute atomic E-state index is 12.9. The highest BCUT2D eigenvalue weighted by Gasteiger charge is 2.31. The zero-order chi connectivity index (χ0) is 22.8. The molecule has 1 aromatic heterocycles. The number of halogens is 6. The van der Waals surface area contributed by atoms with E-state index in [9.17, 15) is 18.0 Å². The molecule has 164 valence electrons. The molecule has 5 nitrogen and oxygen atoms in total. The first-order valence-corrected chi connectivity index (χ1v) is 10.9. The largest absolute Gasteiger partial charge is 0.416 e. The van der Waals surface area contributed by atoms with Crippen LogP contribution in [0.2, 0.25) is 15.1 Å². The second-order valence-electron chi connectivity index (χ2n) is 6.20. The van der Waals surface area contributed by atoms with Crippen LogP contribution in [-0.4, -0.2) is 26.4 Å². The Balaban J connectivity index is 1.73. The van der Waals surface area contributed by atoms with Crippen molar-refractivity contribution in [2.45, 2.75) is 24.8 Å². The molecule has 0 aliphatic heterocycles. The van der Waals surface area contributed by atoms with Crippen molar-refractivity contribution in [3.8, 4) is 11.4 Å². The Bertz CT molecular complexity index is 1120. The second-order valence-corrected chi connectivity index (χ2v) is 8.40. The van der Waals surface area contributed by atoms with E-state index in [1.54, 1.807) is 22.8 Å². The molecule has 3 rings (SSSR count). The van der Waals surface area contributed by atoms with Gasteiger partial charge in [-0.05, 0) is 43.3 Å². The molecule has 0 bridgehead atoms. The third-order valence-electron chi connectivity index (χ3n) is 4.11. The summed E-state index contributed by atoms with van der Waals surface area (Å²) in [6.45, 7) is 2.38. The summed E-state index contributed by atoms with van der Waals surface area (Å²) >= 11 is 19.2. The van der Waals surface area contributed by atoms with Crippen LogP contribution in [0.5, 0.6) is 0 Å². The van der Waals surface area contributed by atoms with Crippen LogP contribution in [0.4, 0.5) is 18.9 Å². The van der Waals surface area contributed by atoms with Crippen molar-refractivity contribution in [1.29, 1.82) is 0 Å². The van der Waals surface area contributed by atoms with Crippen LogP contribution < -0.4 is 5.32 Å². The highest BCUT2D eigenvalue weighted by molar-refractivity contribution is 7.99. The molecular weight excluding hydrogens is 496 g/mol. The molecule has 0 fully saturated rings. The number of rotatable bonds is 6. The van der Waals surface area contributed by atoms with Gasteiger partial charge in [-0.25, -0.2) is 0 Å². The minimum atomic E-state index is -4.55. The van der Waals surface area contributed by atoms with Crippen LogP contribution >= 0.6 is 46.6 Å². The minimum Gasteiger partial charge on any atom is -0.324 e. The molecule has 31 heavy (non-hydrogen) atoms. The van der Waals surface area contributed by atoms with Crippen molar-refractivity contribution < 1.29 is 18.0 Å². The van der Waals surface area contributed by atoms with Gasteiger partial charge in [-0.1, -0.05) is 46.6 Å². The average Bonchev–Trinajstić information content (AvgIpc) is 3.09. The van der Waals surface area contributed by atoms with Crippen LogP contribution in [0.1, 0.15) is 12.5 Å². The van der Waals surface area contributed by atoms with Crippen LogP contribution in [-0.2, 0) is 17.5 Å². The lowest BCUT2D eigenvalue weighted by atomic mass is 10.2. The molecule has 3 aromatic rings. The summed E-state index contributed by atoms with van der Waals surface area (Å²) in [4.78, 5) is 12.3. The first-order valence-electron chi connectivity index (χ1n) is 8.78.